The number of nitrogens with zero attached hydrogens (tertiary/aromatic N) is 1. The molecule has 29 heavy (non-hydrogen) atoms. The number of hydrogen-bond acceptors (Lipinski definition) is 7. The molecule has 6 nitrogen and oxygen atoms in total. The maximum Gasteiger partial charge on any atom is 0.358 e. The summed E-state index contributed by atoms with van der Waals surface area (Å²) in [6, 6.07) is 10.7. The Balaban J connectivity index is 1.53. The van der Waals surface area contributed by atoms with Gasteiger partial charge < -0.3 is 10.1 Å². The molecule has 150 valence electrons. The predicted molar refractivity (Wildman–Crippen MR) is 114 cm³/mol. The fourth-order valence-electron chi connectivity index (χ4n) is 2.42. The van der Waals surface area contributed by atoms with Crippen molar-refractivity contribution < 1.29 is 19.1 Å². The molecule has 0 saturated heterocycles. The first-order chi connectivity index (χ1) is 13.9. The molecule has 9 heteroatoms. The Morgan fingerprint density at radius 2 is 2.03 bits per heavy atom. The second-order valence-corrected chi connectivity index (χ2v) is 8.51. The van der Waals surface area contributed by atoms with E-state index in [-0.39, 0.29) is 24.0 Å². The summed E-state index contributed by atoms with van der Waals surface area (Å²) in [5.74, 6) is -1.02. The minimum absolute atomic E-state index is 0.0923. The van der Waals surface area contributed by atoms with Crippen LogP contribution in [0.3, 0.4) is 0 Å². The highest BCUT2D eigenvalue weighted by molar-refractivity contribution is 7.14. The molecule has 0 radical (unpaired) electrons. The van der Waals surface area contributed by atoms with Gasteiger partial charge in [0.05, 0.1) is 4.88 Å². The van der Waals surface area contributed by atoms with Gasteiger partial charge in [0, 0.05) is 34.3 Å². The lowest BCUT2D eigenvalue weighted by Crippen LogP contribution is -2.22. The van der Waals surface area contributed by atoms with Crippen LogP contribution in [0, 0.1) is 0 Å². The molecule has 0 bridgehead atoms. The molecule has 1 aromatic carbocycles. The van der Waals surface area contributed by atoms with Gasteiger partial charge in [0.15, 0.2) is 12.3 Å². The van der Waals surface area contributed by atoms with Crippen LogP contribution in [0.4, 0.5) is 0 Å². The zero-order valence-electron chi connectivity index (χ0n) is 15.4. The smallest absolute Gasteiger partial charge is 0.358 e. The molecular weight excluding hydrogens is 432 g/mol. The van der Waals surface area contributed by atoms with Gasteiger partial charge >= 0.3 is 5.97 Å². The Kier molecular flexibility index (Phi) is 7.13. The molecule has 0 fully saturated rings. The van der Waals surface area contributed by atoms with Gasteiger partial charge in [0.1, 0.15) is 5.01 Å². The number of nitrogens with one attached hydrogen (secondary N) is 1. The summed E-state index contributed by atoms with van der Waals surface area (Å²) >= 11 is 8.61. The monoisotopic (exact) mass is 448 g/mol. The van der Waals surface area contributed by atoms with Crippen LogP contribution in [0.5, 0.6) is 0 Å². The average Bonchev–Trinajstić information content (AvgIpc) is 3.35. The number of ether oxygens (including phenoxy) is 1. The number of amides is 1. The van der Waals surface area contributed by atoms with Gasteiger partial charge in [-0.15, -0.1) is 22.7 Å². The van der Waals surface area contributed by atoms with E-state index in [4.69, 9.17) is 16.3 Å². The zero-order valence-corrected chi connectivity index (χ0v) is 17.8. The van der Waals surface area contributed by atoms with Crippen molar-refractivity contribution >= 4 is 51.9 Å². The van der Waals surface area contributed by atoms with Gasteiger partial charge in [-0.3, -0.25) is 9.59 Å². The summed E-state index contributed by atoms with van der Waals surface area (Å²) < 4.78 is 5.12. The number of aromatic nitrogens is 1. The van der Waals surface area contributed by atoms with Crippen LogP contribution in [0.25, 0.3) is 10.6 Å². The van der Waals surface area contributed by atoms with Crippen LogP contribution in [-0.4, -0.2) is 35.8 Å². The highest BCUT2D eigenvalue weighted by Crippen LogP contribution is 2.26. The van der Waals surface area contributed by atoms with Gasteiger partial charge in [-0.25, -0.2) is 9.78 Å². The van der Waals surface area contributed by atoms with Crippen molar-refractivity contribution in [2.45, 2.75) is 13.3 Å². The van der Waals surface area contributed by atoms with Crippen molar-refractivity contribution in [3.8, 4) is 10.6 Å². The number of benzene rings is 1. The third kappa shape index (κ3) is 5.96. The molecule has 2 aromatic heterocycles. The lowest BCUT2D eigenvalue weighted by molar-refractivity contribution is -0.118. The first-order valence-electron chi connectivity index (χ1n) is 8.67. The first-order valence-corrected chi connectivity index (χ1v) is 10.7. The van der Waals surface area contributed by atoms with Crippen molar-refractivity contribution in [1.82, 2.24) is 10.3 Å². The summed E-state index contributed by atoms with van der Waals surface area (Å²) in [4.78, 5) is 41.1. The Labute approximate surface area is 180 Å². The van der Waals surface area contributed by atoms with Gasteiger partial charge in [0.25, 0.3) is 0 Å². The molecule has 1 N–H and O–H groups in total. The van der Waals surface area contributed by atoms with E-state index in [1.165, 1.54) is 29.6 Å². The number of Topliss-reactive ketones (excluding diaryl/α,β-unsaturated/α-hetero) is 1. The maximum absolute atomic E-state index is 12.3. The van der Waals surface area contributed by atoms with E-state index in [1.807, 2.05) is 12.1 Å². The number of rotatable bonds is 8. The molecule has 3 aromatic rings. The fraction of sp³-hybridized carbons (Fsp3) is 0.200. The van der Waals surface area contributed by atoms with E-state index in [0.717, 1.165) is 10.4 Å². The number of halogens is 1. The van der Waals surface area contributed by atoms with Crippen LogP contribution in [-0.2, 0) is 16.0 Å². The quantitative estimate of drug-likeness (QED) is 0.411. The largest absolute Gasteiger partial charge is 0.453 e. The number of carbonyl (C=O) groups excluding carboxylic acids is 3. The summed E-state index contributed by atoms with van der Waals surface area (Å²) in [7, 11) is 0. The first kappa shape index (κ1) is 21.2. The number of thiophene rings is 1. The summed E-state index contributed by atoms with van der Waals surface area (Å²) in [6.45, 7) is 1.61. The third-order valence-electron chi connectivity index (χ3n) is 3.80. The van der Waals surface area contributed by atoms with E-state index in [9.17, 15) is 14.4 Å². The fourth-order valence-corrected chi connectivity index (χ4v) is 4.33. The SMILES string of the molecule is CC(=O)NCCc1ccc(C(=O)COC(=O)c2csc(-c3cccc(Cl)c3)n2)s1. The molecule has 0 atom stereocenters. The minimum Gasteiger partial charge on any atom is -0.453 e. The second-order valence-electron chi connectivity index (χ2n) is 6.05. The van der Waals surface area contributed by atoms with Crippen LogP contribution in [0.1, 0.15) is 32.0 Å². The Morgan fingerprint density at radius 1 is 1.21 bits per heavy atom. The second kappa shape index (κ2) is 9.78. The molecule has 0 aliphatic heterocycles. The van der Waals surface area contributed by atoms with E-state index >= 15 is 0 Å². The third-order valence-corrected chi connectivity index (χ3v) is 6.11. The van der Waals surface area contributed by atoms with Crippen LogP contribution in [0.15, 0.2) is 41.8 Å². The number of ketones is 1. The molecule has 0 aliphatic rings. The van der Waals surface area contributed by atoms with Crippen molar-refractivity contribution in [2.24, 2.45) is 0 Å². The van der Waals surface area contributed by atoms with Gasteiger partial charge in [-0.1, -0.05) is 23.7 Å². The Hall–Kier alpha value is -2.55. The number of thiazole rings is 1. The molecule has 0 spiro atoms. The highest BCUT2D eigenvalue weighted by atomic mass is 35.5. The summed E-state index contributed by atoms with van der Waals surface area (Å²) in [6.07, 6.45) is 0.641. The molecule has 0 unspecified atom stereocenters. The van der Waals surface area contributed by atoms with Crippen molar-refractivity contribution in [1.29, 1.82) is 0 Å². The number of carbonyl (C=O) groups is 3. The Morgan fingerprint density at radius 3 is 2.79 bits per heavy atom. The van der Waals surface area contributed by atoms with Crippen molar-refractivity contribution in [2.75, 3.05) is 13.2 Å². The van der Waals surface area contributed by atoms with Crippen LogP contribution >= 0.6 is 34.3 Å². The molecule has 0 saturated carbocycles. The Bertz CT molecular complexity index is 1040. The lowest BCUT2D eigenvalue weighted by Gasteiger charge is -2.01. The molecule has 1 amide bonds. The molecular formula is C20H17ClN2O4S2. The zero-order chi connectivity index (χ0) is 20.8. The average molecular weight is 449 g/mol. The highest BCUT2D eigenvalue weighted by Gasteiger charge is 2.17. The van der Waals surface area contributed by atoms with Gasteiger partial charge in [0.2, 0.25) is 11.7 Å². The summed E-state index contributed by atoms with van der Waals surface area (Å²) in [5, 5.41) is 5.53. The molecule has 0 aliphatic carbocycles. The standard InChI is InChI=1S/C20H17ClN2O4S2/c1-12(24)22-8-7-15-5-6-18(29-15)17(25)10-27-20(26)16-11-28-19(23-16)13-3-2-4-14(21)9-13/h2-6,9,11H,7-8,10H2,1H3,(H,22,24). The van der Waals surface area contributed by atoms with E-state index in [0.29, 0.717) is 27.9 Å². The van der Waals surface area contributed by atoms with Gasteiger partial charge in [-0.2, -0.15) is 0 Å². The normalized spacial score (nSPS) is 10.6. The van der Waals surface area contributed by atoms with Crippen LogP contribution in [0.2, 0.25) is 5.02 Å². The molecule has 2 heterocycles. The van der Waals surface area contributed by atoms with E-state index in [2.05, 4.69) is 10.3 Å². The van der Waals surface area contributed by atoms with Crippen LogP contribution < -0.4 is 5.32 Å². The summed E-state index contributed by atoms with van der Waals surface area (Å²) in [5.41, 5.74) is 0.961. The van der Waals surface area contributed by atoms with Crippen molar-refractivity contribution in [3.05, 3.63) is 62.2 Å². The number of esters is 1. The van der Waals surface area contributed by atoms with Gasteiger partial charge in [-0.05, 0) is 30.7 Å². The maximum atomic E-state index is 12.3. The van der Waals surface area contributed by atoms with E-state index in [1.54, 1.807) is 29.6 Å². The predicted octanol–water partition coefficient (Wildman–Crippen LogP) is 4.24. The lowest BCUT2D eigenvalue weighted by atomic mass is 10.2. The number of hydrogen-bond donors (Lipinski definition) is 1. The minimum atomic E-state index is -0.648. The van der Waals surface area contributed by atoms with E-state index < -0.39 is 5.97 Å². The molecule has 3 rings (SSSR count). The van der Waals surface area contributed by atoms with Crippen molar-refractivity contribution in [3.63, 3.8) is 0 Å². The topological polar surface area (TPSA) is 85.4 Å².